The first kappa shape index (κ1) is 23.1. The van der Waals surface area contributed by atoms with Crippen molar-refractivity contribution in [3.05, 3.63) is 87.6 Å². The van der Waals surface area contributed by atoms with Gasteiger partial charge in [-0.25, -0.2) is 0 Å². The fraction of sp³-hybridized carbons (Fsp3) is 0.333. The maximum atomic E-state index is 13.5. The van der Waals surface area contributed by atoms with Gasteiger partial charge in [-0.1, -0.05) is 61.2 Å². The summed E-state index contributed by atoms with van der Waals surface area (Å²) in [7, 11) is 0. The van der Waals surface area contributed by atoms with Crippen LogP contribution >= 0.6 is 11.3 Å². The molecule has 0 aliphatic heterocycles. The van der Waals surface area contributed by atoms with E-state index >= 15 is 0 Å². The average molecular weight is 462 g/mol. The zero-order valence-corrected chi connectivity index (χ0v) is 19.8. The third kappa shape index (κ3) is 6.23. The minimum Gasteiger partial charge on any atom is -0.370 e. The highest BCUT2D eigenvalue weighted by Crippen LogP contribution is 2.26. The number of carbonyl (C=O) groups excluding carboxylic acids is 2. The van der Waals surface area contributed by atoms with E-state index in [1.54, 1.807) is 17.4 Å². The lowest BCUT2D eigenvalue weighted by atomic mass is 9.94. The van der Waals surface area contributed by atoms with E-state index in [0.717, 1.165) is 41.8 Å². The van der Waals surface area contributed by atoms with Crippen LogP contribution < -0.4 is 16.0 Å². The van der Waals surface area contributed by atoms with E-state index in [9.17, 15) is 9.59 Å². The summed E-state index contributed by atoms with van der Waals surface area (Å²) in [6, 6.07) is 18.8. The Morgan fingerprint density at radius 2 is 1.73 bits per heavy atom. The first-order chi connectivity index (χ1) is 16.1. The standard InChI is InChI=1S/C27H31N3O2S/c1-19-13-15-21(16-14-19)29-25(27(32)30-20-8-3-2-4-9-20)23-11-5-6-12-24(23)26(31)28-18-22-10-7-17-33-22/h5-7,10-17,20,25,29H,2-4,8-9,18H2,1H3,(H,28,31)(H,30,32). The molecular formula is C27H31N3O2S. The Morgan fingerprint density at radius 3 is 2.45 bits per heavy atom. The monoisotopic (exact) mass is 461 g/mol. The van der Waals surface area contributed by atoms with Gasteiger partial charge >= 0.3 is 0 Å². The lowest BCUT2D eigenvalue weighted by Gasteiger charge is -2.27. The van der Waals surface area contributed by atoms with Crippen molar-refractivity contribution in [2.24, 2.45) is 0 Å². The number of aryl methyl sites for hydroxylation is 1. The largest absolute Gasteiger partial charge is 0.370 e. The van der Waals surface area contributed by atoms with Gasteiger partial charge in [-0.3, -0.25) is 9.59 Å². The Bertz CT molecular complexity index is 1060. The second-order valence-corrected chi connectivity index (χ2v) is 9.67. The van der Waals surface area contributed by atoms with E-state index in [2.05, 4.69) is 16.0 Å². The minimum absolute atomic E-state index is 0.0963. The fourth-order valence-corrected chi connectivity index (χ4v) is 4.91. The summed E-state index contributed by atoms with van der Waals surface area (Å²) in [6.07, 6.45) is 5.52. The molecule has 0 spiro atoms. The molecule has 172 valence electrons. The van der Waals surface area contributed by atoms with Gasteiger partial charge in [0.05, 0.1) is 6.54 Å². The van der Waals surface area contributed by atoms with Gasteiger partial charge in [-0.2, -0.15) is 0 Å². The van der Waals surface area contributed by atoms with Gasteiger partial charge in [0.25, 0.3) is 5.91 Å². The van der Waals surface area contributed by atoms with Crippen molar-refractivity contribution in [1.82, 2.24) is 10.6 Å². The number of amides is 2. The van der Waals surface area contributed by atoms with E-state index in [0.29, 0.717) is 17.7 Å². The zero-order valence-electron chi connectivity index (χ0n) is 19.0. The van der Waals surface area contributed by atoms with Crippen molar-refractivity contribution >= 4 is 28.8 Å². The molecule has 1 saturated carbocycles. The molecule has 3 N–H and O–H groups in total. The topological polar surface area (TPSA) is 70.2 Å². The number of hydrogen-bond donors (Lipinski definition) is 3. The van der Waals surface area contributed by atoms with Gasteiger partial charge in [0.1, 0.15) is 6.04 Å². The first-order valence-electron chi connectivity index (χ1n) is 11.6. The van der Waals surface area contributed by atoms with Crippen LogP contribution in [0.15, 0.2) is 66.0 Å². The number of hydrogen-bond acceptors (Lipinski definition) is 4. The molecule has 2 aromatic carbocycles. The SMILES string of the molecule is Cc1ccc(NC(C(=O)NC2CCCCC2)c2ccccc2C(=O)NCc2cccs2)cc1. The molecule has 3 aromatic rings. The summed E-state index contributed by atoms with van der Waals surface area (Å²) in [5, 5.41) is 11.6. The quantitative estimate of drug-likeness (QED) is 0.410. The molecule has 0 bridgehead atoms. The predicted octanol–water partition coefficient (Wildman–Crippen LogP) is 5.59. The van der Waals surface area contributed by atoms with E-state index in [1.165, 1.54) is 6.42 Å². The van der Waals surface area contributed by atoms with Crippen molar-refractivity contribution < 1.29 is 9.59 Å². The molecule has 2 amide bonds. The van der Waals surface area contributed by atoms with Crippen LogP contribution in [-0.4, -0.2) is 17.9 Å². The number of nitrogens with one attached hydrogen (secondary N) is 3. The van der Waals surface area contributed by atoms with E-state index in [1.807, 2.05) is 66.9 Å². The Kier molecular flexibility index (Phi) is 7.79. The van der Waals surface area contributed by atoms with E-state index in [4.69, 9.17) is 0 Å². The summed E-state index contributed by atoms with van der Waals surface area (Å²) < 4.78 is 0. The Hall–Kier alpha value is -3.12. The molecule has 33 heavy (non-hydrogen) atoms. The normalized spacial score (nSPS) is 14.9. The summed E-state index contributed by atoms with van der Waals surface area (Å²) in [4.78, 5) is 27.7. The molecular weight excluding hydrogens is 430 g/mol. The van der Waals surface area contributed by atoms with Gasteiger partial charge in [0.2, 0.25) is 5.91 Å². The maximum Gasteiger partial charge on any atom is 0.251 e. The van der Waals surface area contributed by atoms with Crippen molar-refractivity contribution in [2.45, 2.75) is 57.7 Å². The molecule has 1 atom stereocenters. The van der Waals surface area contributed by atoms with Crippen LogP contribution in [0.1, 0.15) is 64.5 Å². The zero-order chi connectivity index (χ0) is 23.0. The smallest absolute Gasteiger partial charge is 0.251 e. The van der Waals surface area contributed by atoms with E-state index < -0.39 is 6.04 Å². The molecule has 1 heterocycles. The Balaban J connectivity index is 1.59. The number of anilines is 1. The fourth-order valence-electron chi connectivity index (χ4n) is 4.26. The van der Waals surface area contributed by atoms with Crippen LogP contribution in [0.5, 0.6) is 0 Å². The summed E-state index contributed by atoms with van der Waals surface area (Å²) in [5.74, 6) is -0.277. The molecule has 0 saturated heterocycles. The van der Waals surface area contributed by atoms with Crippen LogP contribution in [0.25, 0.3) is 0 Å². The highest BCUT2D eigenvalue weighted by molar-refractivity contribution is 7.09. The second-order valence-electron chi connectivity index (χ2n) is 8.64. The van der Waals surface area contributed by atoms with Crippen molar-refractivity contribution in [1.29, 1.82) is 0 Å². The van der Waals surface area contributed by atoms with E-state index in [-0.39, 0.29) is 17.9 Å². The van der Waals surface area contributed by atoms with Gasteiger partial charge in [0, 0.05) is 22.2 Å². The molecule has 5 nitrogen and oxygen atoms in total. The van der Waals surface area contributed by atoms with Gasteiger partial charge in [-0.05, 0) is 55.0 Å². The van der Waals surface area contributed by atoms with Crippen LogP contribution in [0.3, 0.4) is 0 Å². The second kappa shape index (κ2) is 11.1. The molecule has 1 fully saturated rings. The number of thiophene rings is 1. The Morgan fingerprint density at radius 1 is 0.970 bits per heavy atom. The molecule has 1 aliphatic rings. The number of carbonyl (C=O) groups is 2. The van der Waals surface area contributed by atoms with Crippen molar-refractivity contribution in [3.63, 3.8) is 0 Å². The van der Waals surface area contributed by atoms with Gasteiger partial charge < -0.3 is 16.0 Å². The average Bonchev–Trinajstić information content (AvgIpc) is 3.36. The highest BCUT2D eigenvalue weighted by Gasteiger charge is 2.27. The van der Waals surface area contributed by atoms with Crippen LogP contribution in [0.2, 0.25) is 0 Å². The Labute approximate surface area is 199 Å². The molecule has 1 aromatic heterocycles. The van der Waals surface area contributed by atoms with Crippen LogP contribution in [0.4, 0.5) is 5.69 Å². The molecule has 1 aliphatic carbocycles. The molecule has 1 unspecified atom stereocenters. The maximum absolute atomic E-state index is 13.5. The summed E-state index contributed by atoms with van der Waals surface area (Å²) >= 11 is 1.61. The van der Waals surface area contributed by atoms with Gasteiger partial charge in [-0.15, -0.1) is 11.3 Å². The number of rotatable bonds is 8. The summed E-state index contributed by atoms with van der Waals surface area (Å²) in [6.45, 7) is 2.50. The van der Waals surface area contributed by atoms with Gasteiger partial charge in [0.15, 0.2) is 0 Å². The van der Waals surface area contributed by atoms with Crippen LogP contribution in [-0.2, 0) is 11.3 Å². The molecule has 4 rings (SSSR count). The number of benzene rings is 2. The summed E-state index contributed by atoms with van der Waals surface area (Å²) in [5.41, 5.74) is 3.18. The van der Waals surface area contributed by atoms with Crippen LogP contribution in [0, 0.1) is 6.92 Å². The predicted molar refractivity (Wildman–Crippen MR) is 134 cm³/mol. The third-order valence-corrected chi connectivity index (χ3v) is 6.97. The van der Waals surface area contributed by atoms with Crippen molar-refractivity contribution in [3.8, 4) is 0 Å². The lowest BCUT2D eigenvalue weighted by molar-refractivity contribution is -0.122. The first-order valence-corrected chi connectivity index (χ1v) is 12.5. The third-order valence-electron chi connectivity index (χ3n) is 6.10. The lowest BCUT2D eigenvalue weighted by Crippen LogP contribution is -2.42. The minimum atomic E-state index is -0.668. The highest BCUT2D eigenvalue weighted by atomic mass is 32.1. The molecule has 6 heteroatoms. The van der Waals surface area contributed by atoms with Crippen molar-refractivity contribution in [2.75, 3.05) is 5.32 Å². The molecule has 0 radical (unpaired) electrons.